The van der Waals surface area contributed by atoms with Gasteiger partial charge in [-0.25, -0.2) is 0 Å². The lowest BCUT2D eigenvalue weighted by molar-refractivity contribution is -0.0197. The van der Waals surface area contributed by atoms with Crippen molar-refractivity contribution in [2.45, 2.75) is 52.6 Å². The van der Waals surface area contributed by atoms with Crippen molar-refractivity contribution < 1.29 is 14.9 Å². The molecule has 1 fully saturated rings. The van der Waals surface area contributed by atoms with Gasteiger partial charge in [0.15, 0.2) is 0 Å². The van der Waals surface area contributed by atoms with Crippen LogP contribution in [-0.4, -0.2) is 30.0 Å². The molecule has 0 spiro atoms. The Morgan fingerprint density at radius 1 is 1.10 bits per heavy atom. The maximum Gasteiger partial charge on any atom is 0.119 e. The highest BCUT2D eigenvalue weighted by atomic mass is 16.5. The third-order valence-corrected chi connectivity index (χ3v) is 7.39. The molecule has 2 aromatic rings. The zero-order valence-corrected chi connectivity index (χ0v) is 18.7. The first kappa shape index (κ1) is 21.1. The van der Waals surface area contributed by atoms with Crippen LogP contribution in [0.1, 0.15) is 58.7 Å². The summed E-state index contributed by atoms with van der Waals surface area (Å²) in [4.78, 5) is 0. The van der Waals surface area contributed by atoms with Crippen LogP contribution < -0.4 is 4.74 Å². The van der Waals surface area contributed by atoms with Crippen LogP contribution in [0, 0.1) is 31.6 Å². The van der Waals surface area contributed by atoms with Crippen molar-refractivity contribution in [3.63, 3.8) is 0 Å². The van der Waals surface area contributed by atoms with E-state index in [4.69, 9.17) is 4.74 Å². The number of aliphatic hydroxyl groups is 2. The van der Waals surface area contributed by atoms with Crippen molar-refractivity contribution in [3.8, 4) is 5.75 Å². The highest BCUT2D eigenvalue weighted by molar-refractivity contribution is 5.88. The lowest BCUT2D eigenvalue weighted by Gasteiger charge is -2.38. The molecule has 0 heterocycles. The second kappa shape index (κ2) is 8.20. The summed E-state index contributed by atoms with van der Waals surface area (Å²) in [7, 11) is 1.73. The Bertz CT molecular complexity index is 975. The smallest absolute Gasteiger partial charge is 0.119 e. The fourth-order valence-electron chi connectivity index (χ4n) is 5.83. The van der Waals surface area contributed by atoms with Crippen molar-refractivity contribution >= 4 is 5.57 Å². The molecule has 30 heavy (non-hydrogen) atoms. The maximum absolute atomic E-state index is 10.4. The van der Waals surface area contributed by atoms with E-state index >= 15 is 0 Å². The highest BCUT2D eigenvalue weighted by Gasteiger charge is 2.35. The van der Waals surface area contributed by atoms with Gasteiger partial charge in [0.1, 0.15) is 5.75 Å². The average Bonchev–Trinajstić information content (AvgIpc) is 2.72. The van der Waals surface area contributed by atoms with E-state index in [1.165, 1.54) is 38.9 Å². The molecule has 0 saturated heterocycles. The minimum atomic E-state index is -0.405. The monoisotopic (exact) mass is 406 g/mol. The highest BCUT2D eigenvalue weighted by Crippen LogP contribution is 2.43. The Kier molecular flexibility index (Phi) is 5.78. The van der Waals surface area contributed by atoms with E-state index in [0.29, 0.717) is 5.92 Å². The number of aryl methyl sites for hydroxylation is 2. The van der Waals surface area contributed by atoms with Crippen LogP contribution in [0.3, 0.4) is 0 Å². The Labute approximate surface area is 180 Å². The van der Waals surface area contributed by atoms with Crippen LogP contribution in [0.5, 0.6) is 5.75 Å². The molecule has 160 valence electrons. The molecular formula is C27H34O3. The van der Waals surface area contributed by atoms with Gasteiger partial charge in [0, 0.05) is 12.5 Å². The molecule has 0 amide bonds. The van der Waals surface area contributed by atoms with Crippen LogP contribution in [0.15, 0.2) is 30.8 Å². The van der Waals surface area contributed by atoms with Gasteiger partial charge in [0.05, 0.1) is 13.2 Å². The maximum atomic E-state index is 10.4. The molecule has 2 aromatic carbocycles. The normalized spacial score (nSPS) is 25.6. The zero-order chi connectivity index (χ0) is 21.6. The van der Waals surface area contributed by atoms with Crippen molar-refractivity contribution in [2.24, 2.45) is 17.8 Å². The van der Waals surface area contributed by atoms with Gasteiger partial charge in [-0.2, -0.15) is 0 Å². The number of methoxy groups -OCH3 is 1. The molecule has 0 aliphatic heterocycles. The number of ether oxygens (including phenoxy) is 1. The molecule has 1 saturated carbocycles. The Balaban J connectivity index is 1.74. The van der Waals surface area contributed by atoms with E-state index in [9.17, 15) is 10.2 Å². The summed E-state index contributed by atoms with van der Waals surface area (Å²) >= 11 is 0. The summed E-state index contributed by atoms with van der Waals surface area (Å²) in [5, 5.41) is 20.2. The molecule has 2 aliphatic carbocycles. The number of aliphatic hydroxyl groups excluding tert-OH is 2. The molecule has 0 bridgehead atoms. The van der Waals surface area contributed by atoms with Gasteiger partial charge < -0.3 is 14.9 Å². The van der Waals surface area contributed by atoms with Crippen molar-refractivity contribution in [3.05, 3.63) is 69.8 Å². The number of hydrogen-bond donors (Lipinski definition) is 2. The SMILES string of the molecule is C=C1c2c(cc(OC)cc2CC2CC(C)C(O)C(CO)C2)Cc2c(C)ccc(C)c21. The Morgan fingerprint density at radius 2 is 1.83 bits per heavy atom. The summed E-state index contributed by atoms with van der Waals surface area (Å²) < 4.78 is 5.66. The van der Waals surface area contributed by atoms with Crippen LogP contribution in [-0.2, 0) is 12.8 Å². The summed E-state index contributed by atoms with van der Waals surface area (Å²) in [6.07, 6.45) is 3.25. The minimum absolute atomic E-state index is 0.0333. The van der Waals surface area contributed by atoms with Crippen LogP contribution >= 0.6 is 0 Å². The third kappa shape index (κ3) is 3.59. The van der Waals surface area contributed by atoms with Crippen molar-refractivity contribution in [1.82, 2.24) is 0 Å². The van der Waals surface area contributed by atoms with E-state index in [1.807, 2.05) is 0 Å². The van der Waals surface area contributed by atoms with E-state index in [2.05, 4.69) is 51.6 Å². The first-order chi connectivity index (χ1) is 14.3. The van der Waals surface area contributed by atoms with Crippen molar-refractivity contribution in [2.75, 3.05) is 13.7 Å². The lowest BCUT2D eigenvalue weighted by atomic mass is 9.70. The van der Waals surface area contributed by atoms with Gasteiger partial charge in [0.25, 0.3) is 0 Å². The van der Waals surface area contributed by atoms with Crippen molar-refractivity contribution in [1.29, 1.82) is 0 Å². The minimum Gasteiger partial charge on any atom is -0.497 e. The lowest BCUT2D eigenvalue weighted by Crippen LogP contribution is -2.38. The summed E-state index contributed by atoms with van der Waals surface area (Å²) in [5.41, 5.74) is 10.2. The Hall–Kier alpha value is -2.10. The topological polar surface area (TPSA) is 49.7 Å². The van der Waals surface area contributed by atoms with E-state index < -0.39 is 6.10 Å². The second-order valence-electron chi connectivity index (χ2n) is 9.48. The number of rotatable bonds is 4. The molecule has 4 rings (SSSR count). The van der Waals surface area contributed by atoms with Gasteiger partial charge in [-0.15, -0.1) is 0 Å². The quantitative estimate of drug-likeness (QED) is 0.652. The van der Waals surface area contributed by atoms with Crippen LogP contribution in [0.4, 0.5) is 0 Å². The molecule has 3 nitrogen and oxygen atoms in total. The van der Waals surface area contributed by atoms with E-state index in [0.717, 1.165) is 37.0 Å². The average molecular weight is 407 g/mol. The first-order valence-corrected chi connectivity index (χ1v) is 11.1. The molecule has 3 heteroatoms. The molecule has 0 radical (unpaired) electrons. The van der Waals surface area contributed by atoms with Gasteiger partial charge in [-0.3, -0.25) is 0 Å². The number of fused-ring (bicyclic) bond motifs is 2. The molecule has 4 unspecified atom stereocenters. The predicted molar refractivity (Wildman–Crippen MR) is 122 cm³/mol. The number of hydrogen-bond acceptors (Lipinski definition) is 3. The second-order valence-corrected chi connectivity index (χ2v) is 9.48. The van der Waals surface area contributed by atoms with Crippen LogP contribution in [0.2, 0.25) is 0 Å². The molecule has 2 aliphatic rings. The summed E-state index contributed by atoms with van der Waals surface area (Å²) in [5.74, 6) is 1.50. The van der Waals surface area contributed by atoms with Crippen LogP contribution in [0.25, 0.3) is 5.57 Å². The van der Waals surface area contributed by atoms with Gasteiger partial charge >= 0.3 is 0 Å². The molecule has 2 N–H and O–H groups in total. The van der Waals surface area contributed by atoms with Gasteiger partial charge in [-0.05, 0) is 108 Å². The summed E-state index contributed by atoms with van der Waals surface area (Å²) in [6.45, 7) is 11.1. The molecule has 0 aromatic heterocycles. The molecule has 4 atom stereocenters. The fraction of sp³-hybridized carbons (Fsp3) is 0.481. The largest absolute Gasteiger partial charge is 0.497 e. The molecular weight excluding hydrogens is 372 g/mol. The van der Waals surface area contributed by atoms with Gasteiger partial charge in [0.2, 0.25) is 0 Å². The predicted octanol–water partition coefficient (Wildman–Crippen LogP) is 4.84. The van der Waals surface area contributed by atoms with E-state index in [-0.39, 0.29) is 18.4 Å². The van der Waals surface area contributed by atoms with E-state index in [1.54, 1.807) is 7.11 Å². The Morgan fingerprint density at radius 3 is 2.53 bits per heavy atom. The first-order valence-electron chi connectivity index (χ1n) is 11.1. The van der Waals surface area contributed by atoms with Gasteiger partial charge in [-0.1, -0.05) is 25.6 Å². The fourth-order valence-corrected chi connectivity index (χ4v) is 5.83. The third-order valence-electron chi connectivity index (χ3n) is 7.39. The standard InChI is InChI=1S/C27H34O3/c1-15-6-7-16(2)25-18(4)26-20(11-23(30-5)12-21(26)13-24(15)25)9-19-8-17(3)27(29)22(10-19)14-28/h6-7,11-12,17,19,22,27-29H,4,8-10,13-14H2,1-3,5H3. The number of benzene rings is 2. The zero-order valence-electron chi connectivity index (χ0n) is 18.7. The summed E-state index contributed by atoms with van der Waals surface area (Å²) in [6, 6.07) is 8.74.